The molecule has 110 valence electrons. The molecule has 0 aliphatic carbocycles. The average molecular weight is 302 g/mol. The zero-order valence-corrected chi connectivity index (χ0v) is 12.9. The molecule has 2 aromatic carbocycles. The zero-order chi connectivity index (χ0) is 15.2. The summed E-state index contributed by atoms with van der Waals surface area (Å²) in [6.45, 7) is 1.92. The van der Waals surface area contributed by atoms with Gasteiger partial charge < -0.3 is 15.4 Å². The molecule has 0 radical (unpaired) electrons. The SMILES string of the molecule is COc1ccc(C(C)NC(=O)Nc2ccccc2S)cc1. The van der Waals surface area contributed by atoms with E-state index in [0.29, 0.717) is 5.69 Å². The Bertz CT molecular complexity index is 614. The van der Waals surface area contributed by atoms with Gasteiger partial charge in [0.15, 0.2) is 0 Å². The highest BCUT2D eigenvalue weighted by molar-refractivity contribution is 7.80. The van der Waals surface area contributed by atoms with E-state index in [1.54, 1.807) is 13.2 Å². The van der Waals surface area contributed by atoms with Gasteiger partial charge in [-0.1, -0.05) is 24.3 Å². The number of nitrogens with one attached hydrogen (secondary N) is 2. The van der Waals surface area contributed by atoms with Crippen molar-refractivity contribution in [2.45, 2.75) is 17.9 Å². The number of carbonyl (C=O) groups is 1. The molecule has 5 heteroatoms. The first-order chi connectivity index (χ1) is 10.1. The minimum absolute atomic E-state index is 0.108. The van der Waals surface area contributed by atoms with Gasteiger partial charge in [0, 0.05) is 4.90 Å². The van der Waals surface area contributed by atoms with Gasteiger partial charge in [0.05, 0.1) is 18.8 Å². The minimum atomic E-state index is -0.264. The van der Waals surface area contributed by atoms with Gasteiger partial charge in [-0.3, -0.25) is 0 Å². The quantitative estimate of drug-likeness (QED) is 0.751. The molecule has 2 aromatic rings. The zero-order valence-electron chi connectivity index (χ0n) is 12.0. The number of urea groups is 1. The minimum Gasteiger partial charge on any atom is -0.497 e. The lowest BCUT2D eigenvalue weighted by Gasteiger charge is -2.16. The third kappa shape index (κ3) is 4.16. The van der Waals surface area contributed by atoms with Crippen LogP contribution in [0.3, 0.4) is 0 Å². The van der Waals surface area contributed by atoms with Crippen LogP contribution in [0.15, 0.2) is 53.4 Å². The van der Waals surface area contributed by atoms with Crippen LogP contribution in [0.1, 0.15) is 18.5 Å². The molecule has 2 rings (SSSR count). The van der Waals surface area contributed by atoms with E-state index in [4.69, 9.17) is 4.74 Å². The van der Waals surface area contributed by atoms with Crippen LogP contribution in [0, 0.1) is 0 Å². The molecular formula is C16H18N2O2S. The molecule has 1 unspecified atom stereocenters. The smallest absolute Gasteiger partial charge is 0.319 e. The summed E-state index contributed by atoms with van der Waals surface area (Å²) in [6, 6.07) is 14.6. The summed E-state index contributed by atoms with van der Waals surface area (Å²) >= 11 is 4.30. The van der Waals surface area contributed by atoms with Crippen LogP contribution in [0.4, 0.5) is 10.5 Å². The highest BCUT2D eigenvalue weighted by Gasteiger charge is 2.10. The molecule has 4 nitrogen and oxygen atoms in total. The van der Waals surface area contributed by atoms with Crippen LogP contribution in [0.2, 0.25) is 0 Å². The van der Waals surface area contributed by atoms with Gasteiger partial charge in [-0.25, -0.2) is 4.79 Å². The summed E-state index contributed by atoms with van der Waals surface area (Å²) in [5.74, 6) is 0.791. The lowest BCUT2D eigenvalue weighted by atomic mass is 10.1. The van der Waals surface area contributed by atoms with E-state index in [1.165, 1.54) is 0 Å². The number of rotatable bonds is 4. The van der Waals surface area contributed by atoms with Gasteiger partial charge in [-0.2, -0.15) is 0 Å². The van der Waals surface area contributed by atoms with Crippen molar-refractivity contribution in [1.29, 1.82) is 0 Å². The predicted octanol–water partition coefficient (Wildman–Crippen LogP) is 3.87. The summed E-state index contributed by atoms with van der Waals surface area (Å²) in [7, 11) is 1.62. The molecule has 2 amide bonds. The molecule has 1 atom stereocenters. The maximum atomic E-state index is 12.0. The molecule has 0 spiro atoms. The summed E-state index contributed by atoms with van der Waals surface area (Å²) < 4.78 is 5.11. The van der Waals surface area contributed by atoms with Crippen molar-refractivity contribution in [3.63, 3.8) is 0 Å². The first-order valence-corrected chi connectivity index (χ1v) is 7.04. The van der Waals surface area contributed by atoms with Crippen LogP contribution in [0.5, 0.6) is 5.75 Å². The fourth-order valence-electron chi connectivity index (χ4n) is 1.91. The Morgan fingerprint density at radius 3 is 2.43 bits per heavy atom. The third-order valence-corrected chi connectivity index (χ3v) is 3.51. The van der Waals surface area contributed by atoms with Crippen LogP contribution in [-0.4, -0.2) is 13.1 Å². The van der Waals surface area contributed by atoms with E-state index in [1.807, 2.05) is 49.4 Å². The van der Waals surface area contributed by atoms with Crippen molar-refractivity contribution in [2.75, 3.05) is 12.4 Å². The van der Waals surface area contributed by atoms with E-state index < -0.39 is 0 Å². The topological polar surface area (TPSA) is 50.4 Å². The Kier molecular flexibility index (Phi) is 5.11. The third-order valence-electron chi connectivity index (χ3n) is 3.12. The number of amides is 2. The van der Waals surface area contributed by atoms with Gasteiger partial charge in [-0.15, -0.1) is 12.6 Å². The van der Waals surface area contributed by atoms with E-state index in [-0.39, 0.29) is 12.1 Å². The Labute approximate surface area is 129 Å². The van der Waals surface area contributed by atoms with Crippen molar-refractivity contribution in [3.05, 3.63) is 54.1 Å². The van der Waals surface area contributed by atoms with E-state index in [0.717, 1.165) is 16.2 Å². The Morgan fingerprint density at radius 2 is 1.81 bits per heavy atom. The number of hydrogen-bond donors (Lipinski definition) is 3. The fraction of sp³-hybridized carbons (Fsp3) is 0.188. The highest BCUT2D eigenvalue weighted by atomic mass is 32.1. The summed E-state index contributed by atoms with van der Waals surface area (Å²) in [5, 5.41) is 5.67. The Hall–Kier alpha value is -2.14. The lowest BCUT2D eigenvalue weighted by Crippen LogP contribution is -2.31. The second-order valence-corrected chi connectivity index (χ2v) is 5.09. The molecule has 0 saturated carbocycles. The molecule has 0 aromatic heterocycles. The Balaban J connectivity index is 1.97. The van der Waals surface area contributed by atoms with Crippen LogP contribution in [-0.2, 0) is 0 Å². The van der Waals surface area contributed by atoms with Gasteiger partial charge >= 0.3 is 6.03 Å². The summed E-state index contributed by atoms with van der Waals surface area (Å²) in [4.78, 5) is 12.7. The van der Waals surface area contributed by atoms with Crippen molar-refractivity contribution in [2.24, 2.45) is 0 Å². The molecule has 0 aliphatic rings. The number of thiol groups is 1. The molecular weight excluding hydrogens is 284 g/mol. The second kappa shape index (κ2) is 7.04. The van der Waals surface area contributed by atoms with E-state index in [9.17, 15) is 4.79 Å². The second-order valence-electron chi connectivity index (χ2n) is 4.61. The highest BCUT2D eigenvalue weighted by Crippen LogP contribution is 2.20. The van der Waals surface area contributed by atoms with Crippen LogP contribution >= 0.6 is 12.6 Å². The lowest BCUT2D eigenvalue weighted by molar-refractivity contribution is 0.249. The van der Waals surface area contributed by atoms with Crippen molar-refractivity contribution in [3.8, 4) is 5.75 Å². The largest absolute Gasteiger partial charge is 0.497 e. The number of methoxy groups -OCH3 is 1. The number of para-hydroxylation sites is 1. The van der Waals surface area contributed by atoms with Crippen molar-refractivity contribution < 1.29 is 9.53 Å². The molecule has 0 heterocycles. The number of anilines is 1. The van der Waals surface area contributed by atoms with Gasteiger partial charge in [0.25, 0.3) is 0 Å². The number of hydrogen-bond acceptors (Lipinski definition) is 3. The molecule has 2 N–H and O–H groups in total. The van der Waals surface area contributed by atoms with Crippen LogP contribution in [0.25, 0.3) is 0 Å². The monoisotopic (exact) mass is 302 g/mol. The van der Waals surface area contributed by atoms with Crippen molar-refractivity contribution in [1.82, 2.24) is 5.32 Å². The average Bonchev–Trinajstić information content (AvgIpc) is 2.49. The molecule has 0 saturated heterocycles. The standard InChI is InChI=1S/C16H18N2O2S/c1-11(12-7-9-13(20-2)10-8-12)17-16(19)18-14-5-3-4-6-15(14)21/h3-11,21H,1-2H3,(H2,17,18,19). The van der Waals surface area contributed by atoms with Gasteiger partial charge in [0.2, 0.25) is 0 Å². The summed E-state index contributed by atoms with van der Waals surface area (Å²) in [5.41, 5.74) is 1.69. The normalized spacial score (nSPS) is 11.6. The predicted molar refractivity (Wildman–Crippen MR) is 87.3 cm³/mol. The van der Waals surface area contributed by atoms with Crippen molar-refractivity contribution >= 4 is 24.3 Å². The summed E-state index contributed by atoms with van der Waals surface area (Å²) in [6.07, 6.45) is 0. The fourth-order valence-corrected chi connectivity index (χ4v) is 2.13. The number of carbonyl (C=O) groups excluding carboxylic acids is 1. The Morgan fingerprint density at radius 1 is 1.14 bits per heavy atom. The molecule has 0 bridgehead atoms. The molecule has 21 heavy (non-hydrogen) atoms. The number of benzene rings is 2. The first-order valence-electron chi connectivity index (χ1n) is 6.59. The molecule has 0 fully saturated rings. The van der Waals surface area contributed by atoms with Gasteiger partial charge in [0.1, 0.15) is 5.75 Å². The van der Waals surface area contributed by atoms with E-state index >= 15 is 0 Å². The maximum absolute atomic E-state index is 12.0. The van der Waals surface area contributed by atoms with Crippen LogP contribution < -0.4 is 15.4 Å². The maximum Gasteiger partial charge on any atom is 0.319 e. The molecule has 0 aliphatic heterocycles. The first kappa shape index (κ1) is 15.3. The number of ether oxygens (including phenoxy) is 1. The van der Waals surface area contributed by atoms with Gasteiger partial charge in [-0.05, 0) is 36.8 Å². The van der Waals surface area contributed by atoms with E-state index in [2.05, 4.69) is 23.3 Å².